The molecular formula is C19H17F3N4. The van der Waals surface area contributed by atoms with Gasteiger partial charge in [-0.15, -0.1) is 0 Å². The van der Waals surface area contributed by atoms with Gasteiger partial charge in [-0.1, -0.05) is 29.8 Å². The average molecular weight is 358 g/mol. The zero-order chi connectivity index (χ0) is 18.6. The first-order chi connectivity index (χ1) is 12.4. The summed E-state index contributed by atoms with van der Waals surface area (Å²) in [6.07, 6.45) is -2.77. The predicted octanol–water partition coefficient (Wildman–Crippen LogP) is 5.16. The number of halogens is 3. The fraction of sp³-hybridized carbons (Fsp3) is 0.158. The van der Waals surface area contributed by atoms with Gasteiger partial charge in [-0.2, -0.15) is 18.2 Å². The fourth-order valence-corrected chi connectivity index (χ4v) is 2.29. The number of benzene rings is 2. The molecule has 1 heterocycles. The van der Waals surface area contributed by atoms with Gasteiger partial charge in [-0.25, -0.2) is 4.98 Å². The molecule has 0 fully saturated rings. The van der Waals surface area contributed by atoms with Crippen molar-refractivity contribution in [1.29, 1.82) is 0 Å². The van der Waals surface area contributed by atoms with Gasteiger partial charge in [0.05, 0.1) is 5.56 Å². The van der Waals surface area contributed by atoms with E-state index in [0.29, 0.717) is 24.0 Å². The Hall–Kier alpha value is -3.09. The third kappa shape index (κ3) is 4.72. The van der Waals surface area contributed by atoms with Gasteiger partial charge < -0.3 is 10.6 Å². The van der Waals surface area contributed by atoms with Crippen molar-refractivity contribution in [2.75, 3.05) is 10.6 Å². The molecule has 0 aliphatic heterocycles. The van der Waals surface area contributed by atoms with Crippen LogP contribution in [0.1, 0.15) is 16.7 Å². The molecular weight excluding hydrogens is 341 g/mol. The fourth-order valence-electron chi connectivity index (χ4n) is 2.29. The maximum Gasteiger partial charge on any atom is 0.416 e. The van der Waals surface area contributed by atoms with Crippen molar-refractivity contribution in [2.24, 2.45) is 0 Å². The summed E-state index contributed by atoms with van der Waals surface area (Å²) in [6, 6.07) is 14.6. The maximum absolute atomic E-state index is 12.6. The second-order valence-electron chi connectivity index (χ2n) is 5.80. The van der Waals surface area contributed by atoms with Crippen molar-refractivity contribution in [3.63, 3.8) is 0 Å². The predicted molar refractivity (Wildman–Crippen MR) is 95.3 cm³/mol. The molecule has 3 rings (SSSR count). The first-order valence-corrected chi connectivity index (χ1v) is 7.97. The van der Waals surface area contributed by atoms with E-state index in [9.17, 15) is 13.2 Å². The van der Waals surface area contributed by atoms with E-state index in [-0.39, 0.29) is 0 Å². The highest BCUT2D eigenvalue weighted by molar-refractivity contribution is 5.55. The Bertz CT molecular complexity index is 859. The van der Waals surface area contributed by atoms with Crippen LogP contribution in [0.5, 0.6) is 0 Å². The van der Waals surface area contributed by atoms with Crippen molar-refractivity contribution >= 4 is 17.5 Å². The van der Waals surface area contributed by atoms with Crippen molar-refractivity contribution in [1.82, 2.24) is 9.97 Å². The first kappa shape index (κ1) is 17.7. The molecule has 0 saturated heterocycles. The Kier molecular flexibility index (Phi) is 5.06. The van der Waals surface area contributed by atoms with E-state index in [1.165, 1.54) is 17.7 Å². The Balaban J connectivity index is 1.64. The Morgan fingerprint density at radius 1 is 0.923 bits per heavy atom. The number of alkyl halides is 3. The van der Waals surface area contributed by atoms with E-state index in [0.717, 1.165) is 17.7 Å². The molecule has 134 valence electrons. The van der Waals surface area contributed by atoms with E-state index in [1.54, 1.807) is 12.3 Å². The molecule has 3 aromatic rings. The van der Waals surface area contributed by atoms with Crippen molar-refractivity contribution < 1.29 is 13.2 Å². The third-order valence-electron chi connectivity index (χ3n) is 3.72. The zero-order valence-electron chi connectivity index (χ0n) is 14.0. The van der Waals surface area contributed by atoms with Crippen LogP contribution < -0.4 is 10.6 Å². The Morgan fingerprint density at radius 2 is 1.62 bits per heavy atom. The van der Waals surface area contributed by atoms with Crippen LogP contribution in [0.25, 0.3) is 0 Å². The molecule has 1 aromatic heterocycles. The minimum atomic E-state index is -4.35. The highest BCUT2D eigenvalue weighted by Gasteiger charge is 2.29. The zero-order valence-corrected chi connectivity index (χ0v) is 14.0. The number of hydrogen-bond donors (Lipinski definition) is 2. The van der Waals surface area contributed by atoms with E-state index >= 15 is 0 Å². The number of hydrogen-bond acceptors (Lipinski definition) is 4. The average Bonchev–Trinajstić information content (AvgIpc) is 2.61. The molecule has 0 atom stereocenters. The molecule has 0 spiro atoms. The smallest absolute Gasteiger partial charge is 0.366 e. The van der Waals surface area contributed by atoms with Crippen LogP contribution in [0, 0.1) is 6.92 Å². The van der Waals surface area contributed by atoms with Gasteiger partial charge in [0, 0.05) is 18.4 Å². The monoisotopic (exact) mass is 358 g/mol. The third-order valence-corrected chi connectivity index (χ3v) is 3.72. The molecule has 0 aliphatic carbocycles. The van der Waals surface area contributed by atoms with Crippen LogP contribution in [0.4, 0.5) is 30.6 Å². The highest BCUT2D eigenvalue weighted by atomic mass is 19.4. The summed E-state index contributed by atoms with van der Waals surface area (Å²) >= 11 is 0. The van der Waals surface area contributed by atoms with Gasteiger partial charge in [-0.3, -0.25) is 0 Å². The molecule has 0 amide bonds. The van der Waals surface area contributed by atoms with Crippen molar-refractivity contribution in [3.8, 4) is 0 Å². The van der Waals surface area contributed by atoms with Crippen molar-refractivity contribution in [3.05, 3.63) is 77.5 Å². The number of aryl methyl sites for hydroxylation is 1. The molecule has 0 saturated carbocycles. The molecule has 7 heteroatoms. The summed E-state index contributed by atoms with van der Waals surface area (Å²) < 4.78 is 37.8. The lowest BCUT2D eigenvalue weighted by Crippen LogP contribution is -2.05. The van der Waals surface area contributed by atoms with Crippen LogP contribution in [0.2, 0.25) is 0 Å². The van der Waals surface area contributed by atoms with E-state index in [1.807, 2.05) is 31.2 Å². The normalized spacial score (nSPS) is 11.2. The van der Waals surface area contributed by atoms with Crippen LogP contribution in [0.15, 0.2) is 60.8 Å². The summed E-state index contributed by atoms with van der Waals surface area (Å²) in [5, 5.41) is 6.09. The van der Waals surface area contributed by atoms with Gasteiger partial charge in [0.15, 0.2) is 0 Å². The Labute approximate surface area is 149 Å². The second kappa shape index (κ2) is 7.43. The largest absolute Gasteiger partial charge is 0.416 e. The lowest BCUT2D eigenvalue weighted by molar-refractivity contribution is -0.137. The molecule has 2 N–H and O–H groups in total. The summed E-state index contributed by atoms with van der Waals surface area (Å²) in [4.78, 5) is 8.40. The van der Waals surface area contributed by atoms with E-state index < -0.39 is 11.7 Å². The van der Waals surface area contributed by atoms with Crippen LogP contribution in [-0.4, -0.2) is 9.97 Å². The maximum atomic E-state index is 12.6. The molecule has 26 heavy (non-hydrogen) atoms. The SMILES string of the molecule is Cc1ccc(CNc2ccnc(Nc3ccc(C(F)(F)F)cc3)n2)cc1. The van der Waals surface area contributed by atoms with Crippen LogP contribution in [0.3, 0.4) is 0 Å². The summed E-state index contributed by atoms with van der Waals surface area (Å²) in [5.41, 5.74) is 2.09. The molecule has 0 radical (unpaired) electrons. The number of nitrogens with zero attached hydrogens (tertiary/aromatic N) is 2. The van der Waals surface area contributed by atoms with Crippen molar-refractivity contribution in [2.45, 2.75) is 19.6 Å². The number of anilines is 3. The standard InChI is InChI=1S/C19H17F3N4/c1-13-2-4-14(5-3-13)12-24-17-10-11-23-18(26-17)25-16-8-6-15(7-9-16)19(20,21)22/h2-11H,12H2,1H3,(H2,23,24,25,26). The van der Waals surface area contributed by atoms with Gasteiger partial charge in [-0.05, 0) is 42.8 Å². The first-order valence-electron chi connectivity index (χ1n) is 7.97. The molecule has 0 unspecified atom stereocenters. The molecule has 2 aromatic carbocycles. The molecule has 0 bridgehead atoms. The summed E-state index contributed by atoms with van der Waals surface area (Å²) in [6.45, 7) is 2.64. The van der Waals surface area contributed by atoms with E-state index in [4.69, 9.17) is 0 Å². The van der Waals surface area contributed by atoms with E-state index in [2.05, 4.69) is 20.6 Å². The van der Waals surface area contributed by atoms with Crippen LogP contribution in [-0.2, 0) is 12.7 Å². The second-order valence-corrected chi connectivity index (χ2v) is 5.80. The van der Waals surface area contributed by atoms with Gasteiger partial charge >= 0.3 is 6.18 Å². The summed E-state index contributed by atoms with van der Waals surface area (Å²) in [7, 11) is 0. The minimum Gasteiger partial charge on any atom is -0.366 e. The van der Waals surface area contributed by atoms with Crippen LogP contribution >= 0.6 is 0 Å². The van der Waals surface area contributed by atoms with Gasteiger partial charge in [0.25, 0.3) is 0 Å². The quantitative estimate of drug-likeness (QED) is 0.661. The number of rotatable bonds is 5. The molecule has 4 nitrogen and oxygen atoms in total. The lowest BCUT2D eigenvalue weighted by Gasteiger charge is -2.10. The van der Waals surface area contributed by atoms with Gasteiger partial charge in [0.1, 0.15) is 5.82 Å². The number of aromatic nitrogens is 2. The lowest BCUT2D eigenvalue weighted by atomic mass is 10.1. The topological polar surface area (TPSA) is 49.8 Å². The Morgan fingerprint density at radius 3 is 2.27 bits per heavy atom. The molecule has 0 aliphatic rings. The summed E-state index contributed by atoms with van der Waals surface area (Å²) in [5.74, 6) is 0.925. The highest BCUT2D eigenvalue weighted by Crippen LogP contribution is 2.30. The number of nitrogens with one attached hydrogen (secondary N) is 2. The van der Waals surface area contributed by atoms with Gasteiger partial charge in [0.2, 0.25) is 5.95 Å². The minimum absolute atomic E-state index is 0.304.